The van der Waals surface area contributed by atoms with Crippen LogP contribution in [0.15, 0.2) is 21.5 Å². The highest BCUT2D eigenvalue weighted by Crippen LogP contribution is 2.32. The summed E-state index contributed by atoms with van der Waals surface area (Å²) >= 11 is 0. The van der Waals surface area contributed by atoms with Crippen LogP contribution in [0, 0.1) is 0 Å². The molecule has 2 aliphatic rings. The molecular weight excluding hydrogens is 322 g/mol. The largest absolute Gasteiger partial charge is 0.490 e. The second kappa shape index (κ2) is 7.17. The second-order valence-electron chi connectivity index (χ2n) is 7.20. The van der Waals surface area contributed by atoms with E-state index in [-0.39, 0.29) is 22.6 Å². The van der Waals surface area contributed by atoms with E-state index in [1.54, 1.807) is 0 Å². The minimum Gasteiger partial charge on any atom is -0.490 e. The Balaban J connectivity index is 1.73. The molecule has 7 nitrogen and oxygen atoms in total. The van der Waals surface area contributed by atoms with Crippen LogP contribution in [0.3, 0.4) is 0 Å². The summed E-state index contributed by atoms with van der Waals surface area (Å²) < 4.78 is 10.5. The van der Waals surface area contributed by atoms with E-state index in [9.17, 15) is 9.59 Å². The quantitative estimate of drug-likeness (QED) is 0.803. The summed E-state index contributed by atoms with van der Waals surface area (Å²) in [7, 11) is 5.50. The van der Waals surface area contributed by atoms with Gasteiger partial charge in [-0.3, -0.25) is 19.4 Å². The van der Waals surface area contributed by atoms with Crippen LogP contribution in [0.2, 0.25) is 0 Å². The highest BCUT2D eigenvalue weighted by atomic mass is 16.5. The van der Waals surface area contributed by atoms with Gasteiger partial charge in [0.05, 0.1) is 13.7 Å². The first-order valence-corrected chi connectivity index (χ1v) is 8.77. The van der Waals surface area contributed by atoms with Crippen molar-refractivity contribution < 1.29 is 13.9 Å². The number of rotatable bonds is 3. The minimum absolute atomic E-state index is 0.00539. The molecule has 0 aliphatic carbocycles. The van der Waals surface area contributed by atoms with Gasteiger partial charge in [0, 0.05) is 51.3 Å². The van der Waals surface area contributed by atoms with E-state index < -0.39 is 0 Å². The number of ether oxygens (including phenoxy) is 1. The first-order chi connectivity index (χ1) is 11.9. The molecule has 3 heterocycles. The number of nitrogens with zero attached hydrogens (tertiary/aromatic N) is 3. The van der Waals surface area contributed by atoms with Crippen molar-refractivity contribution in [1.82, 2.24) is 14.7 Å². The first kappa shape index (κ1) is 17.9. The number of methoxy groups -OCH3 is 1. The Kier molecular flexibility index (Phi) is 5.15. The van der Waals surface area contributed by atoms with Crippen LogP contribution in [0.1, 0.15) is 25.0 Å². The molecule has 0 unspecified atom stereocenters. The van der Waals surface area contributed by atoms with Gasteiger partial charge in [0.1, 0.15) is 12.0 Å². The number of piperazine rings is 1. The molecule has 0 saturated carbocycles. The summed E-state index contributed by atoms with van der Waals surface area (Å²) in [6.45, 7) is 4.11. The van der Waals surface area contributed by atoms with Gasteiger partial charge < -0.3 is 14.1 Å². The highest BCUT2D eigenvalue weighted by molar-refractivity contribution is 5.76. The predicted molar refractivity (Wildman–Crippen MR) is 93.7 cm³/mol. The molecule has 0 N–H and O–H groups in total. The fourth-order valence-electron chi connectivity index (χ4n) is 3.87. The van der Waals surface area contributed by atoms with Crippen LogP contribution in [-0.4, -0.2) is 73.5 Å². The van der Waals surface area contributed by atoms with Gasteiger partial charge in [-0.1, -0.05) is 0 Å². The third kappa shape index (κ3) is 3.72. The molecule has 3 rings (SSSR count). The summed E-state index contributed by atoms with van der Waals surface area (Å²) in [6.07, 6.45) is 3.81. The molecule has 1 spiro atoms. The highest BCUT2D eigenvalue weighted by Gasteiger charge is 2.41. The fourth-order valence-corrected chi connectivity index (χ4v) is 3.87. The third-order valence-electron chi connectivity index (χ3n) is 5.67. The van der Waals surface area contributed by atoms with Crippen LogP contribution in [-0.2, 0) is 11.3 Å². The molecule has 0 aromatic carbocycles. The lowest BCUT2D eigenvalue weighted by Crippen LogP contribution is -2.60. The molecule has 1 amide bonds. The molecule has 7 heteroatoms. The normalized spacial score (nSPS) is 26.0. The van der Waals surface area contributed by atoms with E-state index in [1.807, 2.05) is 11.9 Å². The number of hydrogen-bond donors (Lipinski definition) is 0. The zero-order chi connectivity index (χ0) is 18.0. The van der Waals surface area contributed by atoms with Gasteiger partial charge in [0.15, 0.2) is 0 Å². The van der Waals surface area contributed by atoms with Gasteiger partial charge in [0.25, 0.3) is 0 Å². The smallest absolute Gasteiger partial charge is 0.227 e. The van der Waals surface area contributed by atoms with E-state index in [0.717, 1.165) is 39.0 Å². The number of carbonyl (C=O) groups excluding carboxylic acids is 1. The SMILES string of the molecule is COc1coc(CN2CCN(C)[C@@]3(CCC(=O)N(C)CC3)C2)cc1=O. The Hall–Kier alpha value is -1.86. The lowest BCUT2D eigenvalue weighted by Gasteiger charge is -2.49. The van der Waals surface area contributed by atoms with E-state index >= 15 is 0 Å². The summed E-state index contributed by atoms with van der Waals surface area (Å²) in [6, 6.07) is 1.51. The van der Waals surface area contributed by atoms with Crippen molar-refractivity contribution in [3.05, 3.63) is 28.3 Å². The molecule has 25 heavy (non-hydrogen) atoms. The summed E-state index contributed by atoms with van der Waals surface area (Å²) in [5.74, 6) is 1.10. The van der Waals surface area contributed by atoms with E-state index in [0.29, 0.717) is 18.7 Å². The van der Waals surface area contributed by atoms with Crippen LogP contribution in [0.5, 0.6) is 5.75 Å². The Labute approximate surface area is 148 Å². The van der Waals surface area contributed by atoms with Gasteiger partial charge in [-0.25, -0.2) is 0 Å². The molecular formula is C18H27N3O4. The van der Waals surface area contributed by atoms with Gasteiger partial charge in [0.2, 0.25) is 17.1 Å². The number of likely N-dealkylation sites (N-methyl/N-ethyl adjacent to an activating group) is 1. The Morgan fingerprint density at radius 1 is 1.20 bits per heavy atom. The average molecular weight is 349 g/mol. The Morgan fingerprint density at radius 3 is 2.72 bits per heavy atom. The summed E-state index contributed by atoms with van der Waals surface area (Å²) in [4.78, 5) is 30.5. The van der Waals surface area contributed by atoms with Gasteiger partial charge >= 0.3 is 0 Å². The average Bonchev–Trinajstić information content (AvgIpc) is 2.73. The minimum atomic E-state index is -0.158. The van der Waals surface area contributed by atoms with E-state index in [1.165, 1.54) is 19.4 Å². The second-order valence-corrected chi connectivity index (χ2v) is 7.20. The van der Waals surface area contributed by atoms with E-state index in [2.05, 4.69) is 16.8 Å². The summed E-state index contributed by atoms with van der Waals surface area (Å²) in [5.41, 5.74) is -0.153. The standard InChI is InChI=1S/C18H27N3O4/c1-19-7-6-18(5-4-17(19)23)13-21(9-8-20(18)2)11-14-10-15(22)16(24-3)12-25-14/h10,12H,4-9,11,13H2,1-3H3/t18-/m1/s1. The maximum Gasteiger partial charge on any atom is 0.227 e. The third-order valence-corrected chi connectivity index (χ3v) is 5.67. The van der Waals surface area contributed by atoms with Crippen LogP contribution in [0.25, 0.3) is 0 Å². The molecule has 2 fully saturated rings. The molecule has 0 bridgehead atoms. The number of hydrogen-bond acceptors (Lipinski definition) is 6. The first-order valence-electron chi connectivity index (χ1n) is 8.77. The number of likely N-dealkylation sites (tertiary alicyclic amines) is 1. The zero-order valence-electron chi connectivity index (χ0n) is 15.3. The van der Waals surface area contributed by atoms with Crippen LogP contribution in [0.4, 0.5) is 0 Å². The van der Waals surface area contributed by atoms with Crippen molar-refractivity contribution in [2.45, 2.75) is 31.3 Å². The molecule has 0 radical (unpaired) electrons. The Morgan fingerprint density at radius 2 is 2.00 bits per heavy atom. The lowest BCUT2D eigenvalue weighted by atomic mass is 9.86. The van der Waals surface area contributed by atoms with Crippen molar-refractivity contribution in [2.24, 2.45) is 0 Å². The maximum atomic E-state index is 12.0. The van der Waals surface area contributed by atoms with Crippen LogP contribution >= 0.6 is 0 Å². The summed E-state index contributed by atoms with van der Waals surface area (Å²) in [5, 5.41) is 0. The van der Waals surface area contributed by atoms with Gasteiger partial charge in [-0.05, 0) is 19.9 Å². The molecule has 1 atom stereocenters. The van der Waals surface area contributed by atoms with Crippen molar-refractivity contribution in [2.75, 3.05) is 47.4 Å². The lowest BCUT2D eigenvalue weighted by molar-refractivity contribution is -0.129. The molecule has 1 aromatic rings. The van der Waals surface area contributed by atoms with Crippen molar-refractivity contribution in [1.29, 1.82) is 0 Å². The number of carbonyl (C=O) groups is 1. The van der Waals surface area contributed by atoms with E-state index in [4.69, 9.17) is 9.15 Å². The van der Waals surface area contributed by atoms with Crippen molar-refractivity contribution in [3.63, 3.8) is 0 Å². The topological polar surface area (TPSA) is 66.2 Å². The van der Waals surface area contributed by atoms with Crippen molar-refractivity contribution in [3.8, 4) is 5.75 Å². The van der Waals surface area contributed by atoms with Gasteiger partial charge in [-0.15, -0.1) is 0 Å². The molecule has 138 valence electrons. The van der Waals surface area contributed by atoms with Crippen LogP contribution < -0.4 is 10.2 Å². The fraction of sp³-hybridized carbons (Fsp3) is 0.667. The van der Waals surface area contributed by atoms with Gasteiger partial charge in [-0.2, -0.15) is 0 Å². The number of amides is 1. The maximum absolute atomic E-state index is 12.0. The molecule has 1 aromatic heterocycles. The predicted octanol–water partition coefficient (Wildman–Crippen LogP) is 0.777. The molecule has 2 saturated heterocycles. The van der Waals surface area contributed by atoms with Crippen molar-refractivity contribution >= 4 is 5.91 Å². The Bertz CT molecular complexity index is 689. The molecule has 2 aliphatic heterocycles. The zero-order valence-corrected chi connectivity index (χ0v) is 15.3. The monoisotopic (exact) mass is 349 g/mol.